The van der Waals surface area contributed by atoms with Crippen LogP contribution in [0.4, 0.5) is 0 Å². The molecule has 0 saturated carbocycles. The fourth-order valence-corrected chi connectivity index (χ4v) is 1.32. The van der Waals surface area contributed by atoms with Crippen molar-refractivity contribution in [3.8, 4) is 5.75 Å². The average molecular weight is 228 g/mol. The highest BCUT2D eigenvalue weighted by atomic mass is 35.5. The van der Waals surface area contributed by atoms with Crippen molar-refractivity contribution in [1.29, 1.82) is 0 Å². The van der Waals surface area contributed by atoms with E-state index in [0.717, 1.165) is 5.56 Å². The highest BCUT2D eigenvalue weighted by molar-refractivity contribution is 6.18. The van der Waals surface area contributed by atoms with Gasteiger partial charge < -0.3 is 10.1 Å². The van der Waals surface area contributed by atoms with Gasteiger partial charge in [-0.1, -0.05) is 6.07 Å². The largest absolute Gasteiger partial charge is 0.496 e. The van der Waals surface area contributed by atoms with Gasteiger partial charge in [-0.15, -0.1) is 11.6 Å². The number of amides is 1. The number of nitrogens with one attached hydrogen (secondary N) is 1. The minimum Gasteiger partial charge on any atom is -0.496 e. The summed E-state index contributed by atoms with van der Waals surface area (Å²) in [6.45, 7) is 2.40. The minimum atomic E-state index is -0.131. The second-order valence-electron chi connectivity index (χ2n) is 3.13. The molecule has 1 aromatic carbocycles. The van der Waals surface area contributed by atoms with E-state index in [9.17, 15) is 4.79 Å². The first-order valence-corrected chi connectivity index (χ1v) is 5.21. The number of carbonyl (C=O) groups is 1. The zero-order valence-electron chi connectivity index (χ0n) is 8.84. The molecule has 0 aliphatic heterocycles. The summed E-state index contributed by atoms with van der Waals surface area (Å²) in [6, 6.07) is 5.34. The van der Waals surface area contributed by atoms with E-state index in [1.165, 1.54) is 0 Å². The summed E-state index contributed by atoms with van der Waals surface area (Å²) in [5, 5.41) is 2.69. The van der Waals surface area contributed by atoms with Gasteiger partial charge >= 0.3 is 0 Å². The van der Waals surface area contributed by atoms with Crippen molar-refractivity contribution in [3.05, 3.63) is 29.3 Å². The van der Waals surface area contributed by atoms with E-state index in [2.05, 4.69) is 5.32 Å². The smallest absolute Gasteiger partial charge is 0.251 e. The maximum absolute atomic E-state index is 11.6. The van der Waals surface area contributed by atoms with Gasteiger partial charge in [0.25, 0.3) is 5.91 Å². The van der Waals surface area contributed by atoms with Crippen LogP contribution in [0.25, 0.3) is 0 Å². The molecule has 0 fully saturated rings. The monoisotopic (exact) mass is 227 g/mol. The summed E-state index contributed by atoms with van der Waals surface area (Å²) in [5.41, 5.74) is 1.59. The van der Waals surface area contributed by atoms with Gasteiger partial charge in [-0.25, -0.2) is 0 Å². The number of rotatable bonds is 4. The highest BCUT2D eigenvalue weighted by Crippen LogP contribution is 2.18. The molecular formula is C11H14ClNO2. The molecule has 0 aliphatic rings. The average Bonchev–Trinajstić information content (AvgIpc) is 2.26. The Hall–Kier alpha value is -1.22. The lowest BCUT2D eigenvalue weighted by molar-refractivity contribution is 0.0955. The molecule has 1 N–H and O–H groups in total. The van der Waals surface area contributed by atoms with Crippen LogP contribution in [0.3, 0.4) is 0 Å². The third kappa shape index (κ3) is 3.13. The number of hydrogen-bond donors (Lipinski definition) is 1. The van der Waals surface area contributed by atoms with Crippen LogP contribution < -0.4 is 10.1 Å². The van der Waals surface area contributed by atoms with Crippen LogP contribution in [0.2, 0.25) is 0 Å². The number of alkyl halides is 1. The summed E-state index contributed by atoms with van der Waals surface area (Å²) in [4.78, 5) is 11.6. The van der Waals surface area contributed by atoms with Crippen molar-refractivity contribution in [3.63, 3.8) is 0 Å². The quantitative estimate of drug-likeness (QED) is 0.799. The summed E-state index contributed by atoms with van der Waals surface area (Å²) in [7, 11) is 1.59. The van der Waals surface area contributed by atoms with Crippen molar-refractivity contribution in [2.45, 2.75) is 6.92 Å². The molecule has 15 heavy (non-hydrogen) atoms. The third-order valence-corrected chi connectivity index (χ3v) is 2.24. The Labute approximate surface area is 94.4 Å². The number of carbonyl (C=O) groups excluding carboxylic acids is 1. The normalized spacial score (nSPS) is 9.80. The molecule has 0 aliphatic carbocycles. The van der Waals surface area contributed by atoms with Crippen LogP contribution in [-0.4, -0.2) is 25.4 Å². The van der Waals surface area contributed by atoms with E-state index < -0.39 is 0 Å². The predicted octanol–water partition coefficient (Wildman–Crippen LogP) is 1.97. The summed E-state index contributed by atoms with van der Waals surface area (Å²) < 4.78 is 5.13. The second kappa shape index (κ2) is 5.61. The highest BCUT2D eigenvalue weighted by Gasteiger charge is 2.07. The van der Waals surface area contributed by atoms with Gasteiger partial charge in [0.1, 0.15) is 5.75 Å². The predicted molar refractivity (Wildman–Crippen MR) is 60.8 cm³/mol. The zero-order valence-corrected chi connectivity index (χ0v) is 9.60. The van der Waals surface area contributed by atoms with E-state index in [-0.39, 0.29) is 5.91 Å². The van der Waals surface area contributed by atoms with E-state index in [1.807, 2.05) is 13.0 Å². The molecule has 1 rings (SSSR count). The molecule has 0 bridgehead atoms. The Morgan fingerprint density at radius 3 is 2.87 bits per heavy atom. The van der Waals surface area contributed by atoms with Gasteiger partial charge in [-0.05, 0) is 24.6 Å². The lowest BCUT2D eigenvalue weighted by atomic mass is 10.1. The first-order chi connectivity index (χ1) is 7.19. The van der Waals surface area contributed by atoms with Crippen LogP contribution in [0, 0.1) is 6.92 Å². The van der Waals surface area contributed by atoms with Gasteiger partial charge in [0.15, 0.2) is 0 Å². The van der Waals surface area contributed by atoms with Crippen molar-refractivity contribution in [1.82, 2.24) is 5.32 Å². The molecule has 0 radical (unpaired) electrons. The first kappa shape index (κ1) is 11.9. The Kier molecular flexibility index (Phi) is 4.43. The zero-order chi connectivity index (χ0) is 11.3. The van der Waals surface area contributed by atoms with Crippen LogP contribution in [0.15, 0.2) is 18.2 Å². The molecule has 0 atom stereocenters. The van der Waals surface area contributed by atoms with Crippen molar-refractivity contribution in [2.24, 2.45) is 0 Å². The fourth-order valence-electron chi connectivity index (χ4n) is 1.22. The maximum Gasteiger partial charge on any atom is 0.251 e. The van der Waals surface area contributed by atoms with Gasteiger partial charge in [0.2, 0.25) is 0 Å². The molecule has 3 nitrogen and oxygen atoms in total. The number of ether oxygens (including phenoxy) is 1. The second-order valence-corrected chi connectivity index (χ2v) is 3.51. The molecule has 82 valence electrons. The third-order valence-electron chi connectivity index (χ3n) is 2.05. The molecule has 0 aromatic heterocycles. The molecular weight excluding hydrogens is 214 g/mol. The Balaban J connectivity index is 2.81. The number of methoxy groups -OCH3 is 1. The Morgan fingerprint density at radius 1 is 1.53 bits per heavy atom. The van der Waals surface area contributed by atoms with Gasteiger partial charge in [-0.3, -0.25) is 4.79 Å². The van der Waals surface area contributed by atoms with E-state index in [1.54, 1.807) is 19.2 Å². The molecule has 0 unspecified atom stereocenters. The Morgan fingerprint density at radius 2 is 2.27 bits per heavy atom. The van der Waals surface area contributed by atoms with Crippen LogP contribution in [0.1, 0.15) is 15.9 Å². The van der Waals surface area contributed by atoms with Gasteiger partial charge in [0, 0.05) is 18.0 Å². The Bertz CT molecular complexity index is 352. The lowest BCUT2D eigenvalue weighted by Crippen LogP contribution is -2.25. The van der Waals surface area contributed by atoms with E-state index in [0.29, 0.717) is 23.7 Å². The topological polar surface area (TPSA) is 38.3 Å². The van der Waals surface area contributed by atoms with Gasteiger partial charge in [0.05, 0.1) is 7.11 Å². The summed E-state index contributed by atoms with van der Waals surface area (Å²) >= 11 is 5.48. The van der Waals surface area contributed by atoms with Crippen molar-refractivity contribution in [2.75, 3.05) is 19.5 Å². The minimum absolute atomic E-state index is 0.131. The lowest BCUT2D eigenvalue weighted by Gasteiger charge is -2.07. The molecule has 0 spiro atoms. The summed E-state index contributed by atoms with van der Waals surface area (Å²) in [6.07, 6.45) is 0. The maximum atomic E-state index is 11.6. The van der Waals surface area contributed by atoms with Crippen LogP contribution in [-0.2, 0) is 0 Å². The van der Waals surface area contributed by atoms with Crippen molar-refractivity contribution < 1.29 is 9.53 Å². The van der Waals surface area contributed by atoms with Crippen molar-refractivity contribution >= 4 is 17.5 Å². The van der Waals surface area contributed by atoms with Crippen LogP contribution in [0.5, 0.6) is 5.75 Å². The SMILES string of the molecule is COc1cc(C(=O)NCCCl)ccc1C. The fraction of sp³-hybridized carbons (Fsp3) is 0.364. The van der Waals surface area contributed by atoms with E-state index >= 15 is 0 Å². The standard InChI is InChI=1S/C11H14ClNO2/c1-8-3-4-9(7-10(8)15-2)11(14)13-6-5-12/h3-4,7H,5-6H2,1-2H3,(H,13,14). The first-order valence-electron chi connectivity index (χ1n) is 4.68. The molecule has 4 heteroatoms. The molecule has 0 heterocycles. The molecule has 0 saturated heterocycles. The van der Waals surface area contributed by atoms with Gasteiger partial charge in [-0.2, -0.15) is 0 Å². The number of halogens is 1. The number of hydrogen-bond acceptors (Lipinski definition) is 2. The summed E-state index contributed by atoms with van der Waals surface area (Å²) in [5.74, 6) is 0.997. The number of benzene rings is 1. The van der Waals surface area contributed by atoms with E-state index in [4.69, 9.17) is 16.3 Å². The molecule has 1 aromatic rings. The molecule has 1 amide bonds. The van der Waals surface area contributed by atoms with Crippen LogP contribution >= 0.6 is 11.6 Å². The number of aryl methyl sites for hydroxylation is 1.